The second-order valence-corrected chi connectivity index (χ2v) is 7.44. The Balaban J connectivity index is 2.59. The van der Waals surface area contributed by atoms with Crippen molar-refractivity contribution in [2.75, 3.05) is 19.3 Å². The van der Waals surface area contributed by atoms with Gasteiger partial charge in [0.05, 0.1) is 16.6 Å². The van der Waals surface area contributed by atoms with Crippen LogP contribution in [0.1, 0.15) is 38.4 Å². The molecule has 1 aromatic rings. The first kappa shape index (κ1) is 18.1. The lowest BCUT2D eigenvalue weighted by Crippen LogP contribution is -2.40. The zero-order chi connectivity index (χ0) is 16.1. The van der Waals surface area contributed by atoms with Crippen molar-refractivity contribution in [1.29, 1.82) is 0 Å². The van der Waals surface area contributed by atoms with Gasteiger partial charge < -0.3 is 15.5 Å². The van der Waals surface area contributed by atoms with Gasteiger partial charge in [-0.25, -0.2) is 8.42 Å². The number of aliphatic hydroxyl groups excluding tert-OH is 1. The number of rotatable bonds is 8. The Hall–Kier alpha value is -0.950. The molecule has 1 aromatic carbocycles. The fraction of sp³-hybridized carbons (Fsp3) is 0.600. The van der Waals surface area contributed by atoms with Gasteiger partial charge in [-0.05, 0) is 30.5 Å². The molecule has 0 aliphatic rings. The van der Waals surface area contributed by atoms with Crippen molar-refractivity contribution >= 4 is 9.84 Å². The van der Waals surface area contributed by atoms with Gasteiger partial charge in [0.15, 0.2) is 9.84 Å². The molecule has 0 fully saturated rings. The maximum absolute atomic E-state index is 11.4. The van der Waals surface area contributed by atoms with E-state index in [1.807, 2.05) is 13.8 Å². The summed E-state index contributed by atoms with van der Waals surface area (Å²) >= 11 is 0. The topological polar surface area (TPSA) is 86.6 Å². The van der Waals surface area contributed by atoms with Gasteiger partial charge in [0.2, 0.25) is 0 Å². The number of benzene rings is 1. The van der Waals surface area contributed by atoms with Crippen LogP contribution in [0.5, 0.6) is 0 Å². The van der Waals surface area contributed by atoms with Crippen molar-refractivity contribution in [3.63, 3.8) is 0 Å². The van der Waals surface area contributed by atoms with Crippen molar-refractivity contribution in [2.24, 2.45) is 0 Å². The molecule has 5 nitrogen and oxygen atoms in total. The van der Waals surface area contributed by atoms with Gasteiger partial charge in [0.1, 0.15) is 0 Å². The number of hydrogen-bond donors (Lipinski definition) is 3. The molecule has 0 amide bonds. The Kier molecular flexibility index (Phi) is 6.34. The SMILES string of the molecule is CCC(O)(CC)CNCC(O)c1ccc(S(C)(=O)=O)cc1. The van der Waals surface area contributed by atoms with E-state index in [0.717, 1.165) is 6.26 Å². The normalized spacial score (nSPS) is 14.1. The first-order valence-electron chi connectivity index (χ1n) is 7.13. The Morgan fingerprint density at radius 1 is 1.19 bits per heavy atom. The molecule has 120 valence electrons. The summed E-state index contributed by atoms with van der Waals surface area (Å²) in [7, 11) is -3.22. The summed E-state index contributed by atoms with van der Waals surface area (Å²) in [5.74, 6) is 0. The van der Waals surface area contributed by atoms with Gasteiger partial charge >= 0.3 is 0 Å². The molecule has 1 atom stereocenters. The van der Waals surface area contributed by atoms with Crippen LogP contribution in [0.4, 0.5) is 0 Å². The third-order valence-corrected chi connectivity index (χ3v) is 4.93. The van der Waals surface area contributed by atoms with Crippen LogP contribution in [0.3, 0.4) is 0 Å². The van der Waals surface area contributed by atoms with E-state index < -0.39 is 21.5 Å². The number of nitrogens with one attached hydrogen (secondary N) is 1. The molecule has 1 rings (SSSR count). The lowest BCUT2D eigenvalue weighted by atomic mass is 9.97. The van der Waals surface area contributed by atoms with E-state index in [1.165, 1.54) is 12.1 Å². The van der Waals surface area contributed by atoms with Gasteiger partial charge in [0, 0.05) is 19.3 Å². The molecular weight excluding hydrogens is 290 g/mol. The molecule has 0 heterocycles. The summed E-state index contributed by atoms with van der Waals surface area (Å²) in [6.07, 6.45) is 1.71. The van der Waals surface area contributed by atoms with Crippen LogP contribution in [0.2, 0.25) is 0 Å². The zero-order valence-electron chi connectivity index (χ0n) is 12.8. The standard InChI is InChI=1S/C15H25NO4S/c1-4-15(18,5-2)11-16-10-14(17)12-6-8-13(9-7-12)21(3,19)20/h6-9,14,16-18H,4-5,10-11H2,1-3H3. The van der Waals surface area contributed by atoms with Crippen molar-refractivity contribution in [1.82, 2.24) is 5.32 Å². The van der Waals surface area contributed by atoms with Crippen LogP contribution in [0.15, 0.2) is 29.2 Å². The largest absolute Gasteiger partial charge is 0.389 e. The first-order chi connectivity index (χ1) is 9.72. The van der Waals surface area contributed by atoms with E-state index in [-0.39, 0.29) is 4.90 Å². The Morgan fingerprint density at radius 3 is 2.14 bits per heavy atom. The molecule has 0 spiro atoms. The molecular formula is C15H25NO4S. The molecule has 0 bridgehead atoms. The summed E-state index contributed by atoms with van der Waals surface area (Å²) in [5.41, 5.74) is -0.105. The minimum Gasteiger partial charge on any atom is -0.389 e. The van der Waals surface area contributed by atoms with Crippen LogP contribution in [0, 0.1) is 0 Å². The summed E-state index contributed by atoms with van der Waals surface area (Å²) in [4.78, 5) is 0.234. The highest BCUT2D eigenvalue weighted by Gasteiger charge is 2.21. The summed E-state index contributed by atoms with van der Waals surface area (Å²) in [6, 6.07) is 6.19. The van der Waals surface area contributed by atoms with Crippen molar-refractivity contribution < 1.29 is 18.6 Å². The average molecular weight is 315 g/mol. The highest BCUT2D eigenvalue weighted by molar-refractivity contribution is 7.90. The smallest absolute Gasteiger partial charge is 0.175 e. The predicted molar refractivity (Wildman–Crippen MR) is 82.9 cm³/mol. The second kappa shape index (κ2) is 7.35. The third-order valence-electron chi connectivity index (χ3n) is 3.80. The highest BCUT2D eigenvalue weighted by atomic mass is 32.2. The van der Waals surface area contributed by atoms with E-state index in [0.29, 0.717) is 31.5 Å². The molecule has 0 saturated heterocycles. The quantitative estimate of drug-likeness (QED) is 0.672. The van der Waals surface area contributed by atoms with Crippen LogP contribution < -0.4 is 5.32 Å². The van der Waals surface area contributed by atoms with Crippen LogP contribution in [0.25, 0.3) is 0 Å². The highest BCUT2D eigenvalue weighted by Crippen LogP contribution is 2.17. The van der Waals surface area contributed by atoms with Gasteiger partial charge in [-0.3, -0.25) is 0 Å². The minimum absolute atomic E-state index is 0.234. The lowest BCUT2D eigenvalue weighted by molar-refractivity contribution is 0.0293. The van der Waals surface area contributed by atoms with Crippen LogP contribution in [-0.4, -0.2) is 43.6 Å². The maximum Gasteiger partial charge on any atom is 0.175 e. The summed E-state index contributed by atoms with van der Waals surface area (Å²) in [6.45, 7) is 4.57. The van der Waals surface area contributed by atoms with Gasteiger partial charge in [0.25, 0.3) is 0 Å². The molecule has 0 saturated carbocycles. The Morgan fingerprint density at radius 2 is 1.71 bits per heavy atom. The molecule has 6 heteroatoms. The van der Waals surface area contributed by atoms with E-state index in [9.17, 15) is 18.6 Å². The van der Waals surface area contributed by atoms with Crippen molar-refractivity contribution in [2.45, 2.75) is 43.3 Å². The molecule has 0 aliphatic heterocycles. The molecule has 3 N–H and O–H groups in total. The van der Waals surface area contributed by atoms with E-state index >= 15 is 0 Å². The number of hydrogen-bond acceptors (Lipinski definition) is 5. The first-order valence-corrected chi connectivity index (χ1v) is 9.02. The number of aliphatic hydroxyl groups is 2. The van der Waals surface area contributed by atoms with Crippen LogP contribution >= 0.6 is 0 Å². The monoisotopic (exact) mass is 315 g/mol. The maximum atomic E-state index is 11.4. The minimum atomic E-state index is -3.22. The summed E-state index contributed by atoms with van der Waals surface area (Å²) in [5, 5.41) is 23.2. The Bertz CT molecular complexity index is 535. The fourth-order valence-corrected chi connectivity index (χ4v) is 2.63. The van der Waals surface area contributed by atoms with Gasteiger partial charge in [-0.1, -0.05) is 26.0 Å². The molecule has 0 aliphatic carbocycles. The van der Waals surface area contributed by atoms with Gasteiger partial charge in [-0.2, -0.15) is 0 Å². The third kappa shape index (κ3) is 5.39. The predicted octanol–water partition coefficient (Wildman–Crippen LogP) is 1.26. The molecule has 0 radical (unpaired) electrons. The zero-order valence-corrected chi connectivity index (χ0v) is 13.7. The lowest BCUT2D eigenvalue weighted by Gasteiger charge is -2.26. The van der Waals surface area contributed by atoms with Crippen LogP contribution in [-0.2, 0) is 9.84 Å². The van der Waals surface area contributed by atoms with E-state index in [4.69, 9.17) is 0 Å². The average Bonchev–Trinajstić information content (AvgIpc) is 2.46. The molecule has 1 unspecified atom stereocenters. The Labute approximate surface area is 126 Å². The van der Waals surface area contributed by atoms with Crippen molar-refractivity contribution in [3.8, 4) is 0 Å². The van der Waals surface area contributed by atoms with Gasteiger partial charge in [-0.15, -0.1) is 0 Å². The second-order valence-electron chi connectivity index (χ2n) is 5.42. The summed E-state index contributed by atoms with van der Waals surface area (Å²) < 4.78 is 22.7. The van der Waals surface area contributed by atoms with E-state index in [1.54, 1.807) is 12.1 Å². The number of sulfone groups is 1. The molecule has 0 aromatic heterocycles. The van der Waals surface area contributed by atoms with Crippen molar-refractivity contribution in [3.05, 3.63) is 29.8 Å². The molecule has 21 heavy (non-hydrogen) atoms. The fourth-order valence-electron chi connectivity index (χ4n) is 2.00. The van der Waals surface area contributed by atoms with E-state index in [2.05, 4.69) is 5.32 Å².